The van der Waals surface area contributed by atoms with Crippen LogP contribution in [-0.2, 0) is 0 Å². The Labute approximate surface area is 123 Å². The second kappa shape index (κ2) is 5.59. The Bertz CT molecular complexity index is 754. The fourth-order valence-corrected chi connectivity index (χ4v) is 2.21. The Kier molecular flexibility index (Phi) is 3.48. The minimum atomic E-state index is 0.596. The molecule has 104 valence electrons. The summed E-state index contributed by atoms with van der Waals surface area (Å²) in [6, 6.07) is 23.0. The summed E-state index contributed by atoms with van der Waals surface area (Å²) in [7, 11) is 0. The maximum absolute atomic E-state index is 6.09. The fraction of sp³-hybridized carbons (Fsp3) is 0. The average Bonchev–Trinajstić information content (AvgIpc) is 2.50. The first-order valence-corrected chi connectivity index (χ1v) is 6.71. The Morgan fingerprint density at radius 3 is 2.24 bits per heavy atom. The normalized spacial score (nSPS) is 10.3. The highest BCUT2D eigenvalue weighted by Crippen LogP contribution is 2.38. The Morgan fingerprint density at radius 1 is 0.714 bits per heavy atom. The SMILES string of the molecule is Nc1cccc(-c2cccc(N)c2Oc2ccccc2)c1. The van der Waals surface area contributed by atoms with E-state index < -0.39 is 0 Å². The maximum Gasteiger partial charge on any atom is 0.158 e. The quantitative estimate of drug-likeness (QED) is 0.701. The molecule has 0 aliphatic rings. The van der Waals surface area contributed by atoms with Crippen molar-refractivity contribution >= 4 is 11.4 Å². The fourth-order valence-electron chi connectivity index (χ4n) is 2.21. The number of rotatable bonds is 3. The predicted molar refractivity (Wildman–Crippen MR) is 87.2 cm³/mol. The second-order valence-corrected chi connectivity index (χ2v) is 4.76. The van der Waals surface area contributed by atoms with E-state index in [4.69, 9.17) is 16.2 Å². The third-order valence-corrected chi connectivity index (χ3v) is 3.21. The third kappa shape index (κ3) is 2.82. The van der Waals surface area contributed by atoms with Crippen LogP contribution in [0.15, 0.2) is 72.8 Å². The van der Waals surface area contributed by atoms with E-state index in [9.17, 15) is 0 Å². The predicted octanol–water partition coefficient (Wildman–Crippen LogP) is 4.31. The Morgan fingerprint density at radius 2 is 1.48 bits per heavy atom. The molecule has 21 heavy (non-hydrogen) atoms. The highest BCUT2D eigenvalue weighted by Gasteiger charge is 2.11. The summed E-state index contributed by atoms with van der Waals surface area (Å²) < 4.78 is 5.97. The van der Waals surface area contributed by atoms with Crippen LogP contribution >= 0.6 is 0 Å². The second-order valence-electron chi connectivity index (χ2n) is 4.76. The van der Waals surface area contributed by atoms with Gasteiger partial charge in [0.05, 0.1) is 5.69 Å². The highest BCUT2D eigenvalue weighted by atomic mass is 16.5. The molecule has 0 unspecified atom stereocenters. The molecule has 0 saturated carbocycles. The summed E-state index contributed by atoms with van der Waals surface area (Å²) in [4.78, 5) is 0. The minimum absolute atomic E-state index is 0.596. The molecule has 0 aromatic heterocycles. The van der Waals surface area contributed by atoms with Crippen LogP contribution < -0.4 is 16.2 Å². The van der Waals surface area contributed by atoms with Crippen LogP contribution in [0.4, 0.5) is 11.4 Å². The van der Waals surface area contributed by atoms with E-state index in [-0.39, 0.29) is 0 Å². The van der Waals surface area contributed by atoms with E-state index in [1.165, 1.54) is 0 Å². The molecule has 0 bridgehead atoms. The molecule has 0 fully saturated rings. The van der Waals surface area contributed by atoms with E-state index in [0.29, 0.717) is 17.1 Å². The van der Waals surface area contributed by atoms with Gasteiger partial charge in [-0.3, -0.25) is 0 Å². The van der Waals surface area contributed by atoms with Gasteiger partial charge in [-0.2, -0.15) is 0 Å². The Hall–Kier alpha value is -2.94. The van der Waals surface area contributed by atoms with Crippen LogP contribution in [0, 0.1) is 0 Å². The lowest BCUT2D eigenvalue weighted by molar-refractivity contribution is 0.487. The van der Waals surface area contributed by atoms with Gasteiger partial charge < -0.3 is 16.2 Å². The van der Waals surface area contributed by atoms with Crippen molar-refractivity contribution in [2.24, 2.45) is 0 Å². The first kappa shape index (κ1) is 13.1. The Balaban J connectivity index is 2.08. The number of nitrogens with two attached hydrogens (primary N) is 2. The molecule has 3 rings (SSSR count). The third-order valence-electron chi connectivity index (χ3n) is 3.21. The van der Waals surface area contributed by atoms with Crippen LogP contribution in [0.3, 0.4) is 0 Å². The molecule has 0 radical (unpaired) electrons. The molecule has 4 N–H and O–H groups in total. The monoisotopic (exact) mass is 276 g/mol. The number of hydrogen-bond acceptors (Lipinski definition) is 3. The van der Waals surface area contributed by atoms with Crippen molar-refractivity contribution in [1.29, 1.82) is 0 Å². The highest BCUT2D eigenvalue weighted by molar-refractivity contribution is 5.79. The number of para-hydroxylation sites is 2. The topological polar surface area (TPSA) is 61.3 Å². The largest absolute Gasteiger partial charge is 0.455 e. The zero-order chi connectivity index (χ0) is 14.7. The standard InChI is InChI=1S/C18H16N2O/c19-14-7-4-6-13(12-14)16-10-5-11-17(20)18(16)21-15-8-2-1-3-9-15/h1-12H,19-20H2. The van der Waals surface area contributed by atoms with Crippen LogP contribution in [0.2, 0.25) is 0 Å². The van der Waals surface area contributed by atoms with Gasteiger partial charge in [-0.25, -0.2) is 0 Å². The van der Waals surface area contributed by atoms with Crippen molar-refractivity contribution in [1.82, 2.24) is 0 Å². The lowest BCUT2D eigenvalue weighted by Gasteiger charge is -2.14. The van der Waals surface area contributed by atoms with E-state index in [0.717, 1.165) is 16.9 Å². The van der Waals surface area contributed by atoms with E-state index >= 15 is 0 Å². The molecule has 0 atom stereocenters. The van der Waals surface area contributed by atoms with E-state index in [1.54, 1.807) is 0 Å². The van der Waals surface area contributed by atoms with Crippen molar-refractivity contribution in [2.75, 3.05) is 11.5 Å². The molecular formula is C18H16N2O. The van der Waals surface area contributed by atoms with E-state index in [2.05, 4.69) is 0 Å². The number of benzene rings is 3. The lowest BCUT2D eigenvalue weighted by atomic mass is 10.0. The van der Waals surface area contributed by atoms with Crippen LogP contribution in [0.25, 0.3) is 11.1 Å². The minimum Gasteiger partial charge on any atom is -0.455 e. The molecule has 3 nitrogen and oxygen atoms in total. The summed E-state index contributed by atoms with van der Waals surface area (Å²) in [6.45, 7) is 0. The molecule has 0 aliphatic carbocycles. The molecule has 0 amide bonds. The number of nitrogen functional groups attached to an aromatic ring is 2. The summed E-state index contributed by atoms with van der Waals surface area (Å²) in [6.07, 6.45) is 0. The van der Waals surface area contributed by atoms with Gasteiger partial charge >= 0.3 is 0 Å². The molecule has 3 aromatic carbocycles. The van der Waals surface area contributed by atoms with Crippen molar-refractivity contribution in [2.45, 2.75) is 0 Å². The molecule has 3 aromatic rings. The van der Waals surface area contributed by atoms with Crippen LogP contribution in [0.5, 0.6) is 11.5 Å². The average molecular weight is 276 g/mol. The van der Waals surface area contributed by atoms with Crippen LogP contribution in [0.1, 0.15) is 0 Å². The summed E-state index contributed by atoms with van der Waals surface area (Å²) >= 11 is 0. The first-order valence-electron chi connectivity index (χ1n) is 6.71. The zero-order valence-corrected chi connectivity index (χ0v) is 11.5. The summed E-state index contributed by atoms with van der Waals surface area (Å²) in [5, 5.41) is 0. The maximum atomic E-state index is 6.09. The summed E-state index contributed by atoms with van der Waals surface area (Å²) in [5.74, 6) is 1.40. The molecular weight excluding hydrogens is 260 g/mol. The van der Waals surface area contributed by atoms with Gasteiger partial charge in [-0.05, 0) is 35.9 Å². The number of hydrogen-bond donors (Lipinski definition) is 2. The van der Waals surface area contributed by atoms with Crippen molar-refractivity contribution in [3.05, 3.63) is 72.8 Å². The van der Waals surface area contributed by atoms with Crippen molar-refractivity contribution in [3.8, 4) is 22.6 Å². The molecule has 0 spiro atoms. The summed E-state index contributed by atoms with van der Waals surface area (Å²) in [5.41, 5.74) is 15.2. The molecule has 0 heterocycles. The zero-order valence-electron chi connectivity index (χ0n) is 11.5. The van der Waals surface area contributed by atoms with Gasteiger partial charge in [-0.15, -0.1) is 0 Å². The van der Waals surface area contributed by atoms with Crippen molar-refractivity contribution < 1.29 is 4.74 Å². The van der Waals surface area contributed by atoms with Crippen LogP contribution in [-0.4, -0.2) is 0 Å². The van der Waals surface area contributed by atoms with Gasteiger partial charge in [0.25, 0.3) is 0 Å². The molecule has 3 heteroatoms. The number of ether oxygens (including phenoxy) is 1. The van der Waals surface area contributed by atoms with Gasteiger partial charge in [0.15, 0.2) is 5.75 Å². The molecule has 0 saturated heterocycles. The number of anilines is 2. The van der Waals surface area contributed by atoms with Crippen molar-refractivity contribution in [3.63, 3.8) is 0 Å². The molecule has 0 aliphatic heterocycles. The van der Waals surface area contributed by atoms with Gasteiger partial charge in [-0.1, -0.05) is 42.5 Å². The van der Waals surface area contributed by atoms with Gasteiger partial charge in [0.1, 0.15) is 5.75 Å². The first-order chi connectivity index (χ1) is 10.2. The smallest absolute Gasteiger partial charge is 0.158 e. The van der Waals surface area contributed by atoms with E-state index in [1.807, 2.05) is 72.8 Å². The van der Waals surface area contributed by atoms with Gasteiger partial charge in [0, 0.05) is 11.3 Å². The lowest BCUT2D eigenvalue weighted by Crippen LogP contribution is -1.95. The van der Waals surface area contributed by atoms with Gasteiger partial charge in [0.2, 0.25) is 0 Å².